The summed E-state index contributed by atoms with van der Waals surface area (Å²) in [4.78, 5) is 56.6. The second-order valence-electron chi connectivity index (χ2n) is 9.44. The number of ketones is 2. The maximum Gasteiger partial charge on any atom is 0.240 e. The van der Waals surface area contributed by atoms with E-state index in [0.29, 0.717) is 16.3 Å². The van der Waals surface area contributed by atoms with Gasteiger partial charge < -0.3 is 4.90 Å². The summed E-state index contributed by atoms with van der Waals surface area (Å²) >= 11 is 12.5. The SMILES string of the molecule is CC(=O)c1ccc(N2C(=O)[C@@H]3[C@H](C2=O)[C@H]2c4ccccc4C=CN2[C@@H]3C(=O)c2ccc(Cl)cc2Cl)cc1. The molecule has 6 rings (SSSR count). The van der Waals surface area contributed by atoms with Crippen LogP contribution in [0, 0.1) is 11.8 Å². The molecule has 2 fully saturated rings. The molecule has 0 radical (unpaired) electrons. The molecule has 0 spiro atoms. The number of carbonyl (C=O) groups excluding carboxylic acids is 4. The summed E-state index contributed by atoms with van der Waals surface area (Å²) in [5.74, 6) is -2.98. The van der Waals surface area contributed by atoms with E-state index in [2.05, 4.69) is 0 Å². The van der Waals surface area contributed by atoms with Crippen LogP contribution in [0.4, 0.5) is 5.69 Å². The molecule has 8 heteroatoms. The number of imide groups is 1. The van der Waals surface area contributed by atoms with Gasteiger partial charge in [0.2, 0.25) is 11.8 Å². The molecule has 0 unspecified atom stereocenters. The van der Waals surface area contributed by atoms with Gasteiger partial charge in [-0.2, -0.15) is 0 Å². The highest BCUT2D eigenvalue weighted by Gasteiger charge is 2.64. The van der Waals surface area contributed by atoms with E-state index in [9.17, 15) is 19.2 Å². The molecule has 3 aliphatic heterocycles. The zero-order valence-corrected chi connectivity index (χ0v) is 21.1. The molecular formula is C29H20Cl2N2O4. The topological polar surface area (TPSA) is 74.8 Å². The van der Waals surface area contributed by atoms with Crippen molar-refractivity contribution in [1.82, 2.24) is 4.90 Å². The predicted molar refractivity (Wildman–Crippen MR) is 141 cm³/mol. The Bertz CT molecular complexity index is 1530. The van der Waals surface area contributed by atoms with E-state index in [1.54, 1.807) is 42.6 Å². The van der Waals surface area contributed by atoms with Crippen molar-refractivity contribution in [2.75, 3.05) is 4.90 Å². The molecular weight excluding hydrogens is 511 g/mol. The van der Waals surface area contributed by atoms with Gasteiger partial charge in [0.1, 0.15) is 6.04 Å². The van der Waals surface area contributed by atoms with E-state index in [4.69, 9.17) is 23.2 Å². The molecule has 0 bridgehead atoms. The van der Waals surface area contributed by atoms with E-state index < -0.39 is 29.8 Å². The number of rotatable bonds is 4. The van der Waals surface area contributed by atoms with Crippen LogP contribution in [0.5, 0.6) is 0 Å². The summed E-state index contributed by atoms with van der Waals surface area (Å²) in [6, 6.07) is 17.2. The van der Waals surface area contributed by atoms with Gasteiger partial charge in [0.15, 0.2) is 11.6 Å². The average Bonchev–Trinajstić information content (AvgIpc) is 3.36. The van der Waals surface area contributed by atoms with Gasteiger partial charge >= 0.3 is 0 Å². The number of Topliss-reactive ketones (excluding diaryl/α,β-unsaturated/α-hetero) is 2. The van der Waals surface area contributed by atoms with Crippen LogP contribution in [0.15, 0.2) is 72.9 Å². The molecule has 184 valence electrons. The molecule has 3 aromatic rings. The number of anilines is 1. The average molecular weight is 531 g/mol. The maximum atomic E-state index is 14.0. The highest BCUT2D eigenvalue weighted by atomic mass is 35.5. The van der Waals surface area contributed by atoms with Crippen molar-refractivity contribution in [2.24, 2.45) is 11.8 Å². The fourth-order valence-corrected chi connectivity index (χ4v) is 6.31. The molecule has 0 saturated carbocycles. The normalized spacial score (nSPS) is 23.6. The van der Waals surface area contributed by atoms with E-state index in [1.807, 2.05) is 35.2 Å². The van der Waals surface area contributed by atoms with Gasteiger partial charge in [-0.15, -0.1) is 0 Å². The Morgan fingerprint density at radius 1 is 0.865 bits per heavy atom. The molecule has 0 aromatic heterocycles. The number of benzene rings is 3. The van der Waals surface area contributed by atoms with Crippen LogP contribution in [0.3, 0.4) is 0 Å². The number of hydrogen-bond donors (Lipinski definition) is 0. The van der Waals surface area contributed by atoms with Crippen LogP contribution in [0.2, 0.25) is 10.0 Å². The van der Waals surface area contributed by atoms with Crippen molar-refractivity contribution >= 4 is 58.3 Å². The number of amides is 2. The quantitative estimate of drug-likeness (QED) is 0.324. The first-order chi connectivity index (χ1) is 17.8. The standard InChI is InChI=1S/C29H20Cl2N2O4/c1-15(34)16-6-9-19(10-7-16)33-28(36)23-24(29(33)37)26(27(35)21-11-8-18(30)14-22(21)31)32-13-12-17-4-2-3-5-20(17)25(23)32/h2-14,23-26H,1H3/t23-,24+,25+,26-/m0/s1. The van der Waals surface area contributed by atoms with Gasteiger partial charge in [0.05, 0.1) is 28.6 Å². The van der Waals surface area contributed by atoms with E-state index in [-0.39, 0.29) is 28.1 Å². The summed E-state index contributed by atoms with van der Waals surface area (Å²) in [6.07, 6.45) is 3.69. The molecule has 0 N–H and O–H groups in total. The fourth-order valence-electron chi connectivity index (χ4n) is 5.81. The minimum absolute atomic E-state index is 0.116. The van der Waals surface area contributed by atoms with Crippen molar-refractivity contribution < 1.29 is 19.2 Å². The molecule has 3 heterocycles. The number of fused-ring (bicyclic) bond motifs is 5. The number of halogens is 2. The van der Waals surface area contributed by atoms with Crippen LogP contribution in [0.25, 0.3) is 6.08 Å². The van der Waals surface area contributed by atoms with Crippen LogP contribution >= 0.6 is 23.2 Å². The van der Waals surface area contributed by atoms with Crippen molar-refractivity contribution in [1.29, 1.82) is 0 Å². The van der Waals surface area contributed by atoms with E-state index in [1.165, 1.54) is 13.0 Å². The molecule has 0 aliphatic carbocycles. The van der Waals surface area contributed by atoms with Crippen molar-refractivity contribution in [3.63, 3.8) is 0 Å². The predicted octanol–water partition coefficient (Wildman–Crippen LogP) is 5.59. The maximum absolute atomic E-state index is 14.0. The number of hydrogen-bond acceptors (Lipinski definition) is 5. The lowest BCUT2D eigenvalue weighted by Gasteiger charge is -2.35. The molecule has 2 amide bonds. The lowest BCUT2D eigenvalue weighted by atomic mass is 9.83. The second kappa shape index (κ2) is 8.68. The van der Waals surface area contributed by atoms with Gasteiger partial charge in [-0.3, -0.25) is 19.2 Å². The van der Waals surface area contributed by atoms with Crippen molar-refractivity contribution in [2.45, 2.75) is 19.0 Å². The van der Waals surface area contributed by atoms with E-state index >= 15 is 0 Å². The van der Waals surface area contributed by atoms with Gasteiger partial charge in [0.25, 0.3) is 0 Å². The Morgan fingerprint density at radius 2 is 1.57 bits per heavy atom. The molecule has 4 atom stereocenters. The third-order valence-corrected chi connectivity index (χ3v) is 8.01. The summed E-state index contributed by atoms with van der Waals surface area (Å²) in [6.45, 7) is 1.45. The smallest absolute Gasteiger partial charge is 0.240 e. The molecule has 3 aromatic carbocycles. The summed E-state index contributed by atoms with van der Waals surface area (Å²) in [5.41, 5.74) is 2.91. The first kappa shape index (κ1) is 23.6. The third-order valence-electron chi connectivity index (χ3n) is 7.46. The van der Waals surface area contributed by atoms with Crippen LogP contribution in [0.1, 0.15) is 44.8 Å². The van der Waals surface area contributed by atoms with Gasteiger partial charge in [0, 0.05) is 22.3 Å². The van der Waals surface area contributed by atoms with E-state index in [0.717, 1.165) is 16.0 Å². The molecule has 6 nitrogen and oxygen atoms in total. The monoisotopic (exact) mass is 530 g/mol. The van der Waals surface area contributed by atoms with Crippen LogP contribution in [-0.4, -0.2) is 34.3 Å². The number of nitrogens with zero attached hydrogens (tertiary/aromatic N) is 2. The highest BCUT2D eigenvalue weighted by molar-refractivity contribution is 6.37. The summed E-state index contributed by atoms with van der Waals surface area (Å²) in [7, 11) is 0. The minimum atomic E-state index is -0.934. The zero-order valence-electron chi connectivity index (χ0n) is 19.6. The number of carbonyl (C=O) groups is 4. The molecule has 3 aliphatic rings. The molecule has 37 heavy (non-hydrogen) atoms. The second-order valence-corrected chi connectivity index (χ2v) is 10.3. The Morgan fingerprint density at radius 3 is 2.27 bits per heavy atom. The Kier molecular flexibility index (Phi) is 5.55. The Balaban J connectivity index is 1.48. The highest BCUT2D eigenvalue weighted by Crippen LogP contribution is 2.54. The molecule has 2 saturated heterocycles. The van der Waals surface area contributed by atoms with Crippen LogP contribution in [-0.2, 0) is 9.59 Å². The lowest BCUT2D eigenvalue weighted by Crippen LogP contribution is -2.44. The minimum Gasteiger partial charge on any atom is -0.358 e. The first-order valence-electron chi connectivity index (χ1n) is 11.8. The van der Waals surface area contributed by atoms with Gasteiger partial charge in [-0.05, 0) is 66.6 Å². The first-order valence-corrected chi connectivity index (χ1v) is 12.6. The van der Waals surface area contributed by atoms with Gasteiger partial charge in [-0.25, -0.2) is 4.90 Å². The Labute approximate surface area is 223 Å². The summed E-state index contributed by atoms with van der Waals surface area (Å²) < 4.78 is 0. The van der Waals surface area contributed by atoms with Crippen molar-refractivity contribution in [3.8, 4) is 0 Å². The van der Waals surface area contributed by atoms with Gasteiger partial charge in [-0.1, -0.05) is 47.5 Å². The fraction of sp³-hybridized carbons (Fsp3) is 0.172. The Hall–Kier alpha value is -3.74. The summed E-state index contributed by atoms with van der Waals surface area (Å²) in [5, 5.41) is 0.579. The lowest BCUT2D eigenvalue weighted by molar-refractivity contribution is -0.123. The van der Waals surface area contributed by atoms with Crippen molar-refractivity contribution in [3.05, 3.63) is 105 Å². The largest absolute Gasteiger partial charge is 0.358 e. The van der Waals surface area contributed by atoms with Crippen LogP contribution < -0.4 is 4.90 Å². The zero-order chi connectivity index (χ0) is 26.0. The third kappa shape index (κ3) is 3.55.